The Balaban J connectivity index is 2.02. The third kappa shape index (κ3) is 2.05. The van der Waals surface area contributed by atoms with Crippen molar-refractivity contribution in [3.8, 4) is 0 Å². The number of hydrogen-bond donors (Lipinski definition) is 1. The van der Waals surface area contributed by atoms with Crippen LogP contribution in [0.15, 0.2) is 0 Å². The van der Waals surface area contributed by atoms with Gasteiger partial charge in [0.05, 0.1) is 6.10 Å². The second kappa shape index (κ2) is 4.40. The average molecular weight is 212 g/mol. The van der Waals surface area contributed by atoms with Crippen molar-refractivity contribution in [1.82, 2.24) is 10.2 Å². The number of ether oxygens (including phenoxy) is 1. The minimum absolute atomic E-state index is 0.273. The Morgan fingerprint density at radius 1 is 1.47 bits per heavy atom. The molecule has 2 fully saturated rings. The first-order valence-electron chi connectivity index (χ1n) is 6.21. The molecule has 2 heterocycles. The molecule has 2 aliphatic rings. The number of rotatable bonds is 2. The van der Waals surface area contributed by atoms with Crippen molar-refractivity contribution in [2.24, 2.45) is 0 Å². The number of hydrogen-bond acceptors (Lipinski definition) is 3. The van der Waals surface area contributed by atoms with E-state index in [1.54, 1.807) is 0 Å². The molecule has 0 aromatic rings. The largest absolute Gasteiger partial charge is 0.377 e. The summed E-state index contributed by atoms with van der Waals surface area (Å²) in [6, 6.07) is 0.670. The van der Waals surface area contributed by atoms with Crippen molar-refractivity contribution in [2.45, 2.75) is 50.8 Å². The second-order valence-corrected chi connectivity index (χ2v) is 5.19. The van der Waals surface area contributed by atoms with E-state index in [9.17, 15) is 0 Å². The molecule has 0 amide bonds. The Morgan fingerprint density at radius 3 is 2.87 bits per heavy atom. The molecule has 3 atom stereocenters. The fraction of sp³-hybridized carbons (Fsp3) is 1.00. The van der Waals surface area contributed by atoms with Gasteiger partial charge in [-0.3, -0.25) is 4.90 Å². The summed E-state index contributed by atoms with van der Waals surface area (Å²) in [5.41, 5.74) is 0.273. The number of nitrogens with one attached hydrogen (secondary N) is 1. The summed E-state index contributed by atoms with van der Waals surface area (Å²) in [6.45, 7) is 7.93. The number of likely N-dealkylation sites (N-methyl/N-ethyl adjacent to an activating group) is 1. The van der Waals surface area contributed by atoms with Gasteiger partial charge in [-0.1, -0.05) is 0 Å². The third-order valence-corrected chi connectivity index (χ3v) is 4.40. The number of piperidine rings is 1. The minimum Gasteiger partial charge on any atom is -0.377 e. The fourth-order valence-electron chi connectivity index (χ4n) is 2.92. The zero-order chi connectivity index (χ0) is 10.9. The zero-order valence-corrected chi connectivity index (χ0v) is 10.3. The second-order valence-electron chi connectivity index (χ2n) is 5.19. The van der Waals surface area contributed by atoms with Crippen molar-refractivity contribution >= 4 is 0 Å². The maximum Gasteiger partial charge on any atom is 0.0728 e. The molecule has 0 radical (unpaired) electrons. The molecule has 88 valence electrons. The van der Waals surface area contributed by atoms with E-state index >= 15 is 0 Å². The smallest absolute Gasteiger partial charge is 0.0728 e. The highest BCUT2D eigenvalue weighted by Crippen LogP contribution is 2.33. The molecule has 0 saturated carbocycles. The molecule has 3 unspecified atom stereocenters. The van der Waals surface area contributed by atoms with Crippen molar-refractivity contribution < 1.29 is 4.74 Å². The van der Waals surface area contributed by atoms with Gasteiger partial charge >= 0.3 is 0 Å². The Hall–Kier alpha value is -0.120. The first-order chi connectivity index (χ1) is 7.16. The maximum atomic E-state index is 5.73. The van der Waals surface area contributed by atoms with Gasteiger partial charge in [0.1, 0.15) is 0 Å². The predicted molar refractivity (Wildman–Crippen MR) is 62.1 cm³/mol. The van der Waals surface area contributed by atoms with Crippen molar-refractivity contribution in [1.29, 1.82) is 0 Å². The Kier molecular flexibility index (Phi) is 3.33. The molecule has 3 nitrogen and oxygen atoms in total. The standard InChI is InChI=1S/C12H24N2O/c1-10-12(2,6-8-15-10)14-7-4-5-11(9-14)13-3/h10-11,13H,4-9H2,1-3H3. The molecule has 0 aliphatic carbocycles. The lowest BCUT2D eigenvalue weighted by Crippen LogP contribution is -2.57. The quantitative estimate of drug-likeness (QED) is 0.745. The van der Waals surface area contributed by atoms with Gasteiger partial charge in [0, 0.05) is 24.7 Å². The molecular weight excluding hydrogens is 188 g/mol. The zero-order valence-electron chi connectivity index (χ0n) is 10.3. The monoisotopic (exact) mass is 212 g/mol. The van der Waals surface area contributed by atoms with Gasteiger partial charge in [0.15, 0.2) is 0 Å². The van der Waals surface area contributed by atoms with E-state index in [1.165, 1.54) is 32.4 Å². The van der Waals surface area contributed by atoms with E-state index in [-0.39, 0.29) is 5.54 Å². The minimum atomic E-state index is 0.273. The van der Waals surface area contributed by atoms with Gasteiger partial charge in [0.2, 0.25) is 0 Å². The van der Waals surface area contributed by atoms with Gasteiger partial charge in [0.25, 0.3) is 0 Å². The van der Waals surface area contributed by atoms with Crippen LogP contribution in [0.3, 0.4) is 0 Å². The van der Waals surface area contributed by atoms with Gasteiger partial charge in [-0.2, -0.15) is 0 Å². The number of likely N-dealkylation sites (tertiary alicyclic amines) is 1. The molecule has 0 spiro atoms. The molecular formula is C12H24N2O. The van der Waals surface area contributed by atoms with Crippen LogP contribution >= 0.6 is 0 Å². The van der Waals surface area contributed by atoms with E-state index in [2.05, 4.69) is 31.1 Å². The Bertz CT molecular complexity index is 222. The molecule has 0 bridgehead atoms. The van der Waals surface area contributed by atoms with Crippen LogP contribution in [0.25, 0.3) is 0 Å². The Morgan fingerprint density at radius 2 is 2.27 bits per heavy atom. The van der Waals surface area contributed by atoms with Crippen LogP contribution in [0.5, 0.6) is 0 Å². The van der Waals surface area contributed by atoms with E-state index in [0.29, 0.717) is 12.1 Å². The molecule has 2 saturated heterocycles. The van der Waals surface area contributed by atoms with Gasteiger partial charge < -0.3 is 10.1 Å². The summed E-state index contributed by atoms with van der Waals surface area (Å²) in [6.07, 6.45) is 4.20. The summed E-state index contributed by atoms with van der Waals surface area (Å²) in [4.78, 5) is 2.63. The van der Waals surface area contributed by atoms with E-state index in [1.807, 2.05) is 0 Å². The van der Waals surface area contributed by atoms with Crippen LogP contribution in [-0.4, -0.2) is 49.3 Å². The maximum absolute atomic E-state index is 5.73. The molecule has 2 rings (SSSR count). The summed E-state index contributed by atoms with van der Waals surface area (Å²) in [5.74, 6) is 0. The van der Waals surface area contributed by atoms with Crippen LogP contribution in [-0.2, 0) is 4.74 Å². The van der Waals surface area contributed by atoms with Crippen LogP contribution in [0.1, 0.15) is 33.1 Å². The van der Waals surface area contributed by atoms with Gasteiger partial charge in [-0.05, 0) is 46.7 Å². The predicted octanol–water partition coefficient (Wildman–Crippen LogP) is 1.24. The van der Waals surface area contributed by atoms with E-state index in [4.69, 9.17) is 4.74 Å². The van der Waals surface area contributed by atoms with E-state index < -0.39 is 0 Å². The molecule has 0 aromatic heterocycles. The van der Waals surface area contributed by atoms with Crippen LogP contribution < -0.4 is 5.32 Å². The lowest BCUT2D eigenvalue weighted by Gasteiger charge is -2.45. The normalized spacial score (nSPS) is 43.4. The lowest BCUT2D eigenvalue weighted by atomic mass is 9.89. The highest BCUT2D eigenvalue weighted by Gasteiger charge is 2.43. The van der Waals surface area contributed by atoms with Crippen molar-refractivity contribution in [3.63, 3.8) is 0 Å². The number of nitrogens with zero attached hydrogens (tertiary/aromatic N) is 1. The van der Waals surface area contributed by atoms with Crippen LogP contribution in [0.2, 0.25) is 0 Å². The molecule has 1 N–H and O–H groups in total. The van der Waals surface area contributed by atoms with Gasteiger partial charge in [-0.15, -0.1) is 0 Å². The van der Waals surface area contributed by atoms with Crippen LogP contribution in [0, 0.1) is 0 Å². The summed E-state index contributed by atoms with van der Waals surface area (Å²) < 4.78 is 5.73. The SMILES string of the molecule is CNC1CCCN(C2(C)CCOC2C)C1. The molecule has 15 heavy (non-hydrogen) atoms. The highest BCUT2D eigenvalue weighted by atomic mass is 16.5. The van der Waals surface area contributed by atoms with Crippen molar-refractivity contribution in [2.75, 3.05) is 26.7 Å². The summed E-state index contributed by atoms with van der Waals surface area (Å²) in [5, 5.41) is 3.41. The first-order valence-corrected chi connectivity index (χ1v) is 6.21. The molecule has 0 aromatic carbocycles. The van der Waals surface area contributed by atoms with Crippen LogP contribution in [0.4, 0.5) is 0 Å². The van der Waals surface area contributed by atoms with Gasteiger partial charge in [-0.25, -0.2) is 0 Å². The summed E-state index contributed by atoms with van der Waals surface area (Å²) >= 11 is 0. The summed E-state index contributed by atoms with van der Waals surface area (Å²) in [7, 11) is 2.07. The first kappa shape index (κ1) is 11.4. The highest BCUT2D eigenvalue weighted by molar-refractivity contribution is 4.98. The molecule has 3 heteroatoms. The Labute approximate surface area is 93.2 Å². The average Bonchev–Trinajstić information content (AvgIpc) is 2.61. The lowest BCUT2D eigenvalue weighted by molar-refractivity contribution is 0.00392. The fourth-order valence-corrected chi connectivity index (χ4v) is 2.92. The molecule has 2 aliphatic heterocycles. The third-order valence-electron chi connectivity index (χ3n) is 4.40. The van der Waals surface area contributed by atoms with Crippen molar-refractivity contribution in [3.05, 3.63) is 0 Å². The topological polar surface area (TPSA) is 24.5 Å². The van der Waals surface area contributed by atoms with E-state index in [0.717, 1.165) is 6.61 Å².